The van der Waals surface area contributed by atoms with Crippen LogP contribution < -0.4 is 21.6 Å². The number of rotatable bonds is 2. The van der Waals surface area contributed by atoms with E-state index in [1.54, 1.807) is 0 Å². The van der Waals surface area contributed by atoms with E-state index in [1.807, 2.05) is 30.3 Å². The van der Waals surface area contributed by atoms with Gasteiger partial charge in [0.15, 0.2) is 10.2 Å². The highest BCUT2D eigenvalue weighted by Crippen LogP contribution is 2.03. The molecule has 1 heterocycles. The van der Waals surface area contributed by atoms with Gasteiger partial charge in [-0.05, 0) is 43.6 Å². The fourth-order valence-corrected chi connectivity index (χ4v) is 2.24. The number of likely N-dealkylation sites (N-methyl/N-ethyl adjacent to an activating group) is 1. The van der Waals surface area contributed by atoms with Crippen LogP contribution >= 0.6 is 24.4 Å². The number of benzene rings is 1. The van der Waals surface area contributed by atoms with Crippen LogP contribution in [0.15, 0.2) is 30.3 Å². The van der Waals surface area contributed by atoms with E-state index in [0.29, 0.717) is 10.2 Å². The van der Waals surface area contributed by atoms with E-state index in [4.69, 9.17) is 24.4 Å². The van der Waals surface area contributed by atoms with Crippen LogP contribution in [0.2, 0.25) is 0 Å². The summed E-state index contributed by atoms with van der Waals surface area (Å²) >= 11 is 10.4. The molecule has 1 aromatic rings. The zero-order valence-corrected chi connectivity index (χ0v) is 13.6. The third-order valence-corrected chi connectivity index (χ3v) is 3.48. The first-order chi connectivity index (χ1) is 10.1. The molecule has 0 radical (unpaired) electrons. The highest BCUT2D eigenvalue weighted by atomic mass is 32.1. The minimum atomic E-state index is 0.462. The Hall–Kier alpha value is -1.48. The first-order valence-electron chi connectivity index (χ1n) is 6.75. The Morgan fingerprint density at radius 2 is 1.57 bits per heavy atom. The van der Waals surface area contributed by atoms with Crippen LogP contribution in [-0.4, -0.2) is 53.4 Å². The Bertz CT molecular complexity index is 473. The van der Waals surface area contributed by atoms with Crippen molar-refractivity contribution in [3.05, 3.63) is 30.3 Å². The van der Waals surface area contributed by atoms with Gasteiger partial charge in [0.25, 0.3) is 0 Å². The molecule has 4 N–H and O–H groups in total. The molecule has 1 aliphatic heterocycles. The zero-order chi connectivity index (χ0) is 15.1. The molecule has 0 atom stereocenters. The number of anilines is 1. The summed E-state index contributed by atoms with van der Waals surface area (Å²) in [5.74, 6) is 0. The van der Waals surface area contributed by atoms with Gasteiger partial charge >= 0.3 is 0 Å². The maximum Gasteiger partial charge on any atom is 0.199 e. The molecule has 114 valence electrons. The van der Waals surface area contributed by atoms with Gasteiger partial charge < -0.3 is 10.2 Å². The smallest absolute Gasteiger partial charge is 0.199 e. The number of hydrogen-bond acceptors (Lipinski definition) is 4. The zero-order valence-electron chi connectivity index (χ0n) is 11.9. The van der Waals surface area contributed by atoms with Gasteiger partial charge in [-0.15, -0.1) is 0 Å². The summed E-state index contributed by atoms with van der Waals surface area (Å²) in [5, 5.41) is 6.10. The molecule has 0 amide bonds. The third kappa shape index (κ3) is 5.80. The fraction of sp³-hybridized carbons (Fsp3) is 0.385. The van der Waals surface area contributed by atoms with E-state index in [1.165, 1.54) is 0 Å². The van der Waals surface area contributed by atoms with Crippen molar-refractivity contribution in [3.8, 4) is 0 Å². The second-order valence-electron chi connectivity index (χ2n) is 4.80. The lowest BCUT2D eigenvalue weighted by molar-refractivity contribution is 0.130. The van der Waals surface area contributed by atoms with Crippen LogP contribution in [0, 0.1) is 0 Å². The van der Waals surface area contributed by atoms with Gasteiger partial charge in [-0.1, -0.05) is 18.2 Å². The monoisotopic (exact) mass is 324 g/mol. The van der Waals surface area contributed by atoms with Crippen molar-refractivity contribution in [1.82, 2.24) is 26.2 Å². The predicted octanol–water partition coefficient (Wildman–Crippen LogP) is 0.515. The van der Waals surface area contributed by atoms with E-state index >= 15 is 0 Å². The molecule has 1 fully saturated rings. The molecule has 2 rings (SSSR count). The predicted molar refractivity (Wildman–Crippen MR) is 93.7 cm³/mol. The summed E-state index contributed by atoms with van der Waals surface area (Å²) in [6.45, 7) is 3.92. The van der Waals surface area contributed by atoms with Crippen LogP contribution in [-0.2, 0) is 0 Å². The number of thiocarbonyl (C=S) groups is 2. The summed E-state index contributed by atoms with van der Waals surface area (Å²) in [5.41, 5.74) is 9.79. The van der Waals surface area contributed by atoms with Crippen LogP contribution in [0.4, 0.5) is 5.69 Å². The highest BCUT2D eigenvalue weighted by molar-refractivity contribution is 7.80. The lowest BCUT2D eigenvalue weighted by Crippen LogP contribution is -2.57. The van der Waals surface area contributed by atoms with E-state index in [9.17, 15) is 0 Å². The minimum Gasteiger partial charge on any atom is -0.331 e. The summed E-state index contributed by atoms with van der Waals surface area (Å²) in [6.07, 6.45) is 0. The summed E-state index contributed by atoms with van der Waals surface area (Å²) in [6, 6.07) is 9.72. The van der Waals surface area contributed by atoms with Gasteiger partial charge in [0, 0.05) is 31.9 Å². The molecule has 0 saturated carbocycles. The maximum absolute atomic E-state index is 5.22. The molecule has 1 saturated heterocycles. The molecule has 0 bridgehead atoms. The van der Waals surface area contributed by atoms with Crippen molar-refractivity contribution in [3.63, 3.8) is 0 Å². The lowest BCUT2D eigenvalue weighted by atomic mass is 10.3. The molecular weight excluding hydrogens is 304 g/mol. The molecule has 8 heteroatoms. The summed E-state index contributed by atoms with van der Waals surface area (Å²) in [4.78, 5) is 2.28. The van der Waals surface area contributed by atoms with E-state index in [0.717, 1.165) is 31.9 Å². The Balaban J connectivity index is 1.65. The standard InChI is InChI=1S/C13H20N6S2/c1-18-7-9-19(10-8-18)17-13(21)16-15-12(20)14-11-5-3-2-4-6-11/h2-6H,7-10H2,1H3,(H2,14,15,20)(H2,16,17,21). The van der Waals surface area contributed by atoms with Crippen LogP contribution in [0.1, 0.15) is 0 Å². The number of hydrogen-bond donors (Lipinski definition) is 4. The molecule has 0 spiro atoms. The van der Waals surface area contributed by atoms with Crippen LogP contribution in [0.3, 0.4) is 0 Å². The van der Waals surface area contributed by atoms with Crippen molar-refractivity contribution in [2.24, 2.45) is 0 Å². The Labute approximate surface area is 135 Å². The Morgan fingerprint density at radius 1 is 0.952 bits per heavy atom. The van der Waals surface area contributed by atoms with Gasteiger partial charge in [0.05, 0.1) is 0 Å². The second kappa shape index (κ2) is 8.08. The first-order valence-corrected chi connectivity index (χ1v) is 7.57. The van der Waals surface area contributed by atoms with Crippen molar-refractivity contribution in [2.75, 3.05) is 38.5 Å². The van der Waals surface area contributed by atoms with E-state index in [-0.39, 0.29) is 0 Å². The average Bonchev–Trinajstić information content (AvgIpc) is 2.49. The van der Waals surface area contributed by atoms with Crippen LogP contribution in [0.5, 0.6) is 0 Å². The Kier molecular flexibility index (Phi) is 6.12. The topological polar surface area (TPSA) is 54.6 Å². The molecular formula is C13H20N6S2. The largest absolute Gasteiger partial charge is 0.331 e. The number of nitrogens with one attached hydrogen (secondary N) is 4. The molecule has 0 aliphatic carbocycles. The lowest BCUT2D eigenvalue weighted by Gasteiger charge is -2.33. The quantitative estimate of drug-likeness (QED) is 0.464. The third-order valence-electron chi connectivity index (χ3n) is 3.08. The molecule has 1 aliphatic rings. The van der Waals surface area contributed by atoms with Gasteiger partial charge in [-0.2, -0.15) is 0 Å². The normalized spacial score (nSPS) is 16.0. The minimum absolute atomic E-state index is 0.462. The van der Waals surface area contributed by atoms with E-state index in [2.05, 4.69) is 38.6 Å². The van der Waals surface area contributed by atoms with E-state index < -0.39 is 0 Å². The molecule has 1 aromatic carbocycles. The Morgan fingerprint density at radius 3 is 2.24 bits per heavy atom. The number of piperazine rings is 1. The average molecular weight is 324 g/mol. The van der Waals surface area contributed by atoms with Gasteiger partial charge in [-0.3, -0.25) is 16.3 Å². The van der Waals surface area contributed by atoms with Gasteiger partial charge in [-0.25, -0.2) is 5.01 Å². The molecule has 0 aromatic heterocycles. The van der Waals surface area contributed by atoms with Crippen molar-refractivity contribution >= 4 is 40.3 Å². The van der Waals surface area contributed by atoms with Crippen molar-refractivity contribution in [1.29, 1.82) is 0 Å². The van der Waals surface area contributed by atoms with Crippen LogP contribution in [0.25, 0.3) is 0 Å². The molecule has 6 nitrogen and oxygen atoms in total. The number of hydrazine groups is 2. The second-order valence-corrected chi connectivity index (χ2v) is 5.62. The maximum atomic E-state index is 5.22. The SMILES string of the molecule is CN1CCN(NC(=S)NNC(=S)Nc2ccccc2)CC1. The summed E-state index contributed by atoms with van der Waals surface area (Å²) < 4.78 is 0. The number of para-hydroxylation sites is 1. The van der Waals surface area contributed by atoms with Crippen molar-refractivity contribution < 1.29 is 0 Å². The molecule has 21 heavy (non-hydrogen) atoms. The van der Waals surface area contributed by atoms with Gasteiger partial charge in [0.1, 0.15) is 0 Å². The first kappa shape index (κ1) is 15.9. The highest BCUT2D eigenvalue weighted by Gasteiger charge is 2.14. The van der Waals surface area contributed by atoms with Crippen molar-refractivity contribution in [2.45, 2.75) is 0 Å². The molecule has 0 unspecified atom stereocenters. The fourth-order valence-electron chi connectivity index (χ4n) is 1.89. The van der Waals surface area contributed by atoms with Gasteiger partial charge in [0.2, 0.25) is 0 Å². The summed E-state index contributed by atoms with van der Waals surface area (Å²) in [7, 11) is 2.11. The number of nitrogens with zero attached hydrogens (tertiary/aromatic N) is 2.